The molecule has 0 saturated carbocycles. The van der Waals surface area contributed by atoms with E-state index in [2.05, 4.69) is 32.6 Å². The molecule has 1 aromatic rings. The molecule has 0 saturated heterocycles. The summed E-state index contributed by atoms with van der Waals surface area (Å²) < 4.78 is 0. The zero-order valence-electron chi connectivity index (χ0n) is 11.4. The van der Waals surface area contributed by atoms with E-state index < -0.39 is 0 Å². The molecule has 1 unspecified atom stereocenters. The lowest BCUT2D eigenvalue weighted by molar-refractivity contribution is -0.120. The molecule has 2 rings (SSSR count). The molecule has 0 aromatic carbocycles. The first-order valence-electron chi connectivity index (χ1n) is 6.58. The highest BCUT2D eigenvalue weighted by atomic mass is 32.1. The Kier molecular flexibility index (Phi) is 5.04. The monoisotopic (exact) mass is 280 g/mol. The second-order valence-electron chi connectivity index (χ2n) is 5.02. The number of anilines is 1. The average Bonchev–Trinajstić information content (AvgIpc) is 2.85. The average molecular weight is 280 g/mol. The first-order chi connectivity index (χ1) is 9.15. The molecule has 1 aromatic heterocycles. The topological polar surface area (TPSA) is 58.1 Å². The van der Waals surface area contributed by atoms with Crippen LogP contribution >= 0.6 is 11.3 Å². The summed E-state index contributed by atoms with van der Waals surface area (Å²) in [5.74, 6) is 0.152. The van der Waals surface area contributed by atoms with Gasteiger partial charge >= 0.3 is 0 Å². The first-order valence-corrected chi connectivity index (χ1v) is 7.40. The van der Waals surface area contributed by atoms with Crippen LogP contribution in [0.25, 0.3) is 0 Å². The maximum Gasteiger partial charge on any atom is 0.229 e. The fraction of sp³-hybridized carbons (Fsp3) is 0.615. The van der Waals surface area contributed by atoms with Gasteiger partial charge < -0.3 is 10.2 Å². The van der Waals surface area contributed by atoms with Crippen LogP contribution in [0.4, 0.5) is 5.13 Å². The van der Waals surface area contributed by atoms with Crippen molar-refractivity contribution in [1.82, 2.24) is 15.1 Å². The van der Waals surface area contributed by atoms with Crippen molar-refractivity contribution in [3.63, 3.8) is 0 Å². The number of nitrogens with zero attached hydrogens (tertiary/aromatic N) is 3. The van der Waals surface area contributed by atoms with Crippen LogP contribution < -0.4 is 5.32 Å². The molecule has 1 aliphatic carbocycles. The third kappa shape index (κ3) is 4.40. The van der Waals surface area contributed by atoms with Crippen molar-refractivity contribution in [1.29, 1.82) is 0 Å². The Morgan fingerprint density at radius 3 is 3.00 bits per heavy atom. The molecule has 1 aliphatic rings. The lowest BCUT2D eigenvalue weighted by Gasteiger charge is -2.15. The predicted octanol–water partition coefficient (Wildman–Crippen LogP) is 1.94. The van der Waals surface area contributed by atoms with E-state index in [1.54, 1.807) is 0 Å². The van der Waals surface area contributed by atoms with Crippen molar-refractivity contribution >= 4 is 22.4 Å². The van der Waals surface area contributed by atoms with Crippen molar-refractivity contribution in [2.24, 2.45) is 5.92 Å². The van der Waals surface area contributed by atoms with E-state index in [-0.39, 0.29) is 11.8 Å². The highest BCUT2D eigenvalue weighted by Gasteiger charge is 2.19. The van der Waals surface area contributed by atoms with Crippen LogP contribution in [0, 0.1) is 5.92 Å². The molecular formula is C13H20N4OS. The van der Waals surface area contributed by atoms with Gasteiger partial charge in [-0.15, -0.1) is 10.2 Å². The first kappa shape index (κ1) is 14.1. The van der Waals surface area contributed by atoms with Gasteiger partial charge in [-0.3, -0.25) is 4.79 Å². The van der Waals surface area contributed by atoms with Crippen LogP contribution in [-0.4, -0.2) is 41.6 Å². The quantitative estimate of drug-likeness (QED) is 0.837. The normalized spacial score (nSPS) is 18.8. The lowest BCUT2D eigenvalue weighted by Crippen LogP contribution is -2.23. The molecule has 6 heteroatoms. The molecule has 0 aliphatic heterocycles. The summed E-state index contributed by atoms with van der Waals surface area (Å²) in [4.78, 5) is 14.1. The Morgan fingerprint density at radius 1 is 1.47 bits per heavy atom. The summed E-state index contributed by atoms with van der Waals surface area (Å²) in [6.07, 6.45) is 7.83. The fourth-order valence-electron chi connectivity index (χ4n) is 1.96. The minimum atomic E-state index is 0.0691. The molecule has 0 spiro atoms. The SMILES string of the molecule is CN(C)CCc1nnc(NC(=O)C2CC=CCC2)s1. The summed E-state index contributed by atoms with van der Waals surface area (Å²) in [7, 11) is 4.06. The smallest absolute Gasteiger partial charge is 0.229 e. The molecule has 5 nitrogen and oxygen atoms in total. The molecule has 1 amide bonds. The number of likely N-dealkylation sites (N-methyl/N-ethyl adjacent to an activating group) is 1. The van der Waals surface area contributed by atoms with Crippen LogP contribution in [0.2, 0.25) is 0 Å². The van der Waals surface area contributed by atoms with Gasteiger partial charge in [0.2, 0.25) is 11.0 Å². The van der Waals surface area contributed by atoms with Crippen LogP contribution in [0.15, 0.2) is 12.2 Å². The number of carbonyl (C=O) groups is 1. The van der Waals surface area contributed by atoms with Gasteiger partial charge in [0.15, 0.2) is 0 Å². The second-order valence-corrected chi connectivity index (χ2v) is 6.09. The number of allylic oxidation sites excluding steroid dienone is 2. The predicted molar refractivity (Wildman–Crippen MR) is 77.3 cm³/mol. The standard InChI is InChI=1S/C13H20N4OS/c1-17(2)9-8-11-15-16-13(19-11)14-12(18)10-6-4-3-5-7-10/h3-4,10H,5-9H2,1-2H3,(H,14,16,18). The van der Waals surface area contributed by atoms with Crippen molar-refractivity contribution in [3.05, 3.63) is 17.2 Å². The number of hydrogen-bond acceptors (Lipinski definition) is 5. The summed E-state index contributed by atoms with van der Waals surface area (Å²) in [5, 5.41) is 12.6. The maximum absolute atomic E-state index is 12.0. The molecule has 0 bridgehead atoms. The van der Waals surface area contributed by atoms with Crippen molar-refractivity contribution in [2.45, 2.75) is 25.7 Å². The maximum atomic E-state index is 12.0. The number of carbonyl (C=O) groups excluding carboxylic acids is 1. The van der Waals surface area contributed by atoms with Gasteiger partial charge in [0.1, 0.15) is 5.01 Å². The van der Waals surface area contributed by atoms with Gasteiger partial charge in [0.05, 0.1) is 0 Å². The van der Waals surface area contributed by atoms with Gasteiger partial charge in [-0.05, 0) is 33.4 Å². The van der Waals surface area contributed by atoms with Gasteiger partial charge in [-0.1, -0.05) is 23.5 Å². The lowest BCUT2D eigenvalue weighted by atomic mass is 9.94. The summed E-state index contributed by atoms with van der Waals surface area (Å²) in [5.41, 5.74) is 0. The van der Waals surface area contributed by atoms with Gasteiger partial charge in [-0.25, -0.2) is 0 Å². The number of aromatic nitrogens is 2. The Labute approximate surface area is 117 Å². The third-order valence-electron chi connectivity index (χ3n) is 3.11. The second kappa shape index (κ2) is 6.77. The van der Waals surface area contributed by atoms with Gasteiger partial charge in [0.25, 0.3) is 0 Å². The molecule has 1 heterocycles. The van der Waals surface area contributed by atoms with E-state index in [0.717, 1.165) is 37.2 Å². The Balaban J connectivity index is 1.85. The highest BCUT2D eigenvalue weighted by Crippen LogP contribution is 2.22. The molecule has 19 heavy (non-hydrogen) atoms. The largest absolute Gasteiger partial charge is 0.309 e. The zero-order chi connectivity index (χ0) is 13.7. The number of amides is 1. The Hall–Kier alpha value is -1.27. The number of hydrogen-bond donors (Lipinski definition) is 1. The van der Waals surface area contributed by atoms with Crippen molar-refractivity contribution in [3.8, 4) is 0 Å². The van der Waals surface area contributed by atoms with E-state index in [4.69, 9.17) is 0 Å². The highest BCUT2D eigenvalue weighted by molar-refractivity contribution is 7.15. The number of rotatable bonds is 5. The minimum absolute atomic E-state index is 0.0691. The summed E-state index contributed by atoms with van der Waals surface area (Å²) in [6.45, 7) is 0.940. The molecule has 1 atom stereocenters. The van der Waals surface area contributed by atoms with E-state index in [1.165, 1.54) is 11.3 Å². The van der Waals surface area contributed by atoms with Crippen molar-refractivity contribution in [2.75, 3.05) is 26.0 Å². The van der Waals surface area contributed by atoms with E-state index in [1.807, 2.05) is 14.1 Å². The van der Waals surface area contributed by atoms with Crippen LogP contribution in [0.5, 0.6) is 0 Å². The summed E-state index contributed by atoms with van der Waals surface area (Å²) >= 11 is 1.47. The Bertz CT molecular complexity index is 455. The van der Waals surface area contributed by atoms with Gasteiger partial charge in [0, 0.05) is 18.9 Å². The third-order valence-corrected chi connectivity index (χ3v) is 4.01. The van der Waals surface area contributed by atoms with Gasteiger partial charge in [-0.2, -0.15) is 0 Å². The van der Waals surface area contributed by atoms with Crippen LogP contribution in [0.1, 0.15) is 24.3 Å². The van der Waals surface area contributed by atoms with E-state index in [9.17, 15) is 4.79 Å². The number of nitrogens with one attached hydrogen (secondary N) is 1. The summed E-state index contributed by atoms with van der Waals surface area (Å²) in [6, 6.07) is 0. The Morgan fingerprint density at radius 2 is 2.32 bits per heavy atom. The molecule has 1 N–H and O–H groups in total. The minimum Gasteiger partial charge on any atom is -0.309 e. The van der Waals surface area contributed by atoms with Crippen LogP contribution in [-0.2, 0) is 11.2 Å². The fourth-order valence-corrected chi connectivity index (χ4v) is 2.70. The van der Waals surface area contributed by atoms with E-state index >= 15 is 0 Å². The van der Waals surface area contributed by atoms with Crippen LogP contribution in [0.3, 0.4) is 0 Å². The molecular weight excluding hydrogens is 260 g/mol. The van der Waals surface area contributed by atoms with E-state index in [0.29, 0.717) is 5.13 Å². The molecule has 104 valence electrons. The molecule has 0 radical (unpaired) electrons. The van der Waals surface area contributed by atoms with Crippen molar-refractivity contribution < 1.29 is 4.79 Å². The molecule has 0 fully saturated rings. The zero-order valence-corrected chi connectivity index (χ0v) is 12.2.